The molecule has 1 saturated carbocycles. The Morgan fingerprint density at radius 2 is 1.91 bits per heavy atom. The molecule has 0 heterocycles. The highest BCUT2D eigenvalue weighted by Crippen LogP contribution is 2.27. The van der Waals surface area contributed by atoms with Crippen molar-refractivity contribution in [3.05, 3.63) is 0 Å². The minimum atomic E-state index is -0.125. The van der Waals surface area contributed by atoms with Crippen LogP contribution in [-0.4, -0.2) is 17.8 Å². The molecule has 2 nitrogen and oxygen atoms in total. The summed E-state index contributed by atoms with van der Waals surface area (Å²) in [6.07, 6.45) is 7.03. The molecule has 0 spiro atoms. The molecule has 0 bridgehead atoms. The second kappa shape index (κ2) is 4.73. The SMILES string of the molecule is NCC[C@H](O)C1CCCCC1. The quantitative estimate of drug-likeness (QED) is 0.648. The van der Waals surface area contributed by atoms with E-state index in [4.69, 9.17) is 5.73 Å². The number of rotatable bonds is 3. The Balaban J connectivity index is 2.21. The molecule has 0 radical (unpaired) electrons. The van der Waals surface area contributed by atoms with E-state index in [1.165, 1.54) is 32.1 Å². The van der Waals surface area contributed by atoms with Crippen LogP contribution >= 0.6 is 0 Å². The molecule has 0 unspecified atom stereocenters. The van der Waals surface area contributed by atoms with E-state index in [1.807, 2.05) is 0 Å². The smallest absolute Gasteiger partial charge is 0.0580 e. The molecule has 2 heteroatoms. The lowest BCUT2D eigenvalue weighted by molar-refractivity contribution is 0.0794. The van der Waals surface area contributed by atoms with Gasteiger partial charge in [-0.25, -0.2) is 0 Å². The Hall–Kier alpha value is -0.0800. The van der Waals surface area contributed by atoms with E-state index in [9.17, 15) is 5.11 Å². The van der Waals surface area contributed by atoms with E-state index >= 15 is 0 Å². The molecule has 1 rings (SSSR count). The second-order valence-corrected chi connectivity index (χ2v) is 3.54. The molecule has 0 aromatic rings. The van der Waals surface area contributed by atoms with Gasteiger partial charge in [0.05, 0.1) is 6.10 Å². The molecule has 1 fully saturated rings. The third kappa shape index (κ3) is 2.80. The molecule has 66 valence electrons. The lowest BCUT2D eigenvalue weighted by Crippen LogP contribution is -2.25. The van der Waals surface area contributed by atoms with E-state index in [0.29, 0.717) is 12.5 Å². The third-order valence-electron chi connectivity index (χ3n) is 2.66. The van der Waals surface area contributed by atoms with Gasteiger partial charge in [0, 0.05) is 0 Å². The van der Waals surface area contributed by atoms with E-state index < -0.39 is 0 Å². The second-order valence-electron chi connectivity index (χ2n) is 3.54. The first-order valence-corrected chi connectivity index (χ1v) is 4.72. The van der Waals surface area contributed by atoms with Crippen LogP contribution in [0.4, 0.5) is 0 Å². The summed E-state index contributed by atoms with van der Waals surface area (Å²) in [5, 5.41) is 9.59. The van der Waals surface area contributed by atoms with Gasteiger partial charge in [0.2, 0.25) is 0 Å². The van der Waals surface area contributed by atoms with E-state index in [2.05, 4.69) is 0 Å². The number of aliphatic hydroxyl groups excluding tert-OH is 1. The Morgan fingerprint density at radius 1 is 1.27 bits per heavy atom. The number of nitrogens with two attached hydrogens (primary N) is 1. The zero-order valence-electron chi connectivity index (χ0n) is 7.13. The van der Waals surface area contributed by atoms with Crippen LogP contribution in [0, 0.1) is 5.92 Å². The summed E-state index contributed by atoms with van der Waals surface area (Å²) < 4.78 is 0. The molecule has 0 aliphatic heterocycles. The Bertz CT molecular complexity index is 99.7. The van der Waals surface area contributed by atoms with Crippen LogP contribution in [0.1, 0.15) is 38.5 Å². The number of aliphatic hydroxyl groups is 1. The summed E-state index contributed by atoms with van der Waals surface area (Å²) in [5.41, 5.74) is 5.38. The maximum Gasteiger partial charge on any atom is 0.0580 e. The van der Waals surface area contributed by atoms with Crippen molar-refractivity contribution in [2.75, 3.05) is 6.54 Å². The van der Waals surface area contributed by atoms with Crippen LogP contribution in [0.15, 0.2) is 0 Å². The predicted octanol–water partition coefficient (Wildman–Crippen LogP) is 1.28. The van der Waals surface area contributed by atoms with Crippen molar-refractivity contribution >= 4 is 0 Å². The average Bonchev–Trinajstić information content (AvgIpc) is 2.07. The Kier molecular flexibility index (Phi) is 3.87. The van der Waals surface area contributed by atoms with E-state index in [1.54, 1.807) is 0 Å². The van der Waals surface area contributed by atoms with Gasteiger partial charge in [-0.05, 0) is 31.7 Å². The average molecular weight is 157 g/mol. The van der Waals surface area contributed by atoms with Crippen molar-refractivity contribution in [1.82, 2.24) is 0 Å². The van der Waals surface area contributed by atoms with Gasteiger partial charge < -0.3 is 10.8 Å². The summed E-state index contributed by atoms with van der Waals surface area (Å²) in [4.78, 5) is 0. The zero-order valence-corrected chi connectivity index (χ0v) is 7.13. The third-order valence-corrected chi connectivity index (χ3v) is 2.66. The molecule has 1 aliphatic carbocycles. The first-order chi connectivity index (χ1) is 5.34. The topological polar surface area (TPSA) is 46.2 Å². The van der Waals surface area contributed by atoms with Crippen molar-refractivity contribution in [2.24, 2.45) is 11.7 Å². The van der Waals surface area contributed by atoms with Gasteiger partial charge in [-0.15, -0.1) is 0 Å². The van der Waals surface area contributed by atoms with Gasteiger partial charge in [-0.2, -0.15) is 0 Å². The maximum atomic E-state index is 9.59. The van der Waals surface area contributed by atoms with Crippen LogP contribution in [0.25, 0.3) is 0 Å². The van der Waals surface area contributed by atoms with Crippen LogP contribution in [0.5, 0.6) is 0 Å². The van der Waals surface area contributed by atoms with Gasteiger partial charge in [0.25, 0.3) is 0 Å². The largest absolute Gasteiger partial charge is 0.393 e. The Morgan fingerprint density at radius 3 is 2.45 bits per heavy atom. The predicted molar refractivity (Wildman–Crippen MR) is 46.3 cm³/mol. The molecule has 0 amide bonds. The maximum absolute atomic E-state index is 9.59. The van der Waals surface area contributed by atoms with Crippen molar-refractivity contribution in [2.45, 2.75) is 44.6 Å². The molecule has 3 N–H and O–H groups in total. The van der Waals surface area contributed by atoms with Crippen molar-refractivity contribution in [3.63, 3.8) is 0 Å². The molecule has 0 aromatic heterocycles. The van der Waals surface area contributed by atoms with E-state index in [-0.39, 0.29) is 6.10 Å². The van der Waals surface area contributed by atoms with Gasteiger partial charge in [-0.1, -0.05) is 19.3 Å². The highest BCUT2D eigenvalue weighted by atomic mass is 16.3. The van der Waals surface area contributed by atoms with Crippen LogP contribution in [0.2, 0.25) is 0 Å². The molecule has 11 heavy (non-hydrogen) atoms. The number of hydrogen-bond donors (Lipinski definition) is 2. The highest BCUT2D eigenvalue weighted by Gasteiger charge is 2.20. The molecular weight excluding hydrogens is 138 g/mol. The van der Waals surface area contributed by atoms with Crippen molar-refractivity contribution < 1.29 is 5.11 Å². The van der Waals surface area contributed by atoms with E-state index in [0.717, 1.165) is 6.42 Å². The standard InChI is InChI=1S/C9H19NO/c10-7-6-9(11)8-4-2-1-3-5-8/h8-9,11H,1-7,10H2/t9-/m0/s1. The van der Waals surface area contributed by atoms with Crippen molar-refractivity contribution in [3.8, 4) is 0 Å². The van der Waals surface area contributed by atoms with Crippen LogP contribution in [-0.2, 0) is 0 Å². The first-order valence-electron chi connectivity index (χ1n) is 4.72. The molecule has 0 aromatic carbocycles. The van der Waals surface area contributed by atoms with Gasteiger partial charge in [-0.3, -0.25) is 0 Å². The fourth-order valence-electron chi connectivity index (χ4n) is 1.93. The normalized spacial score (nSPS) is 23.5. The summed E-state index contributed by atoms with van der Waals surface area (Å²) in [6.45, 7) is 0.623. The summed E-state index contributed by atoms with van der Waals surface area (Å²) >= 11 is 0. The number of hydrogen-bond acceptors (Lipinski definition) is 2. The fraction of sp³-hybridized carbons (Fsp3) is 1.00. The lowest BCUT2D eigenvalue weighted by Gasteiger charge is -2.26. The molecule has 1 atom stereocenters. The minimum absolute atomic E-state index is 0.125. The van der Waals surface area contributed by atoms with Gasteiger partial charge in [0.1, 0.15) is 0 Å². The first kappa shape index (κ1) is 9.01. The van der Waals surface area contributed by atoms with Crippen LogP contribution < -0.4 is 5.73 Å². The highest BCUT2D eigenvalue weighted by molar-refractivity contribution is 4.73. The molecular formula is C9H19NO. The van der Waals surface area contributed by atoms with Crippen LogP contribution in [0.3, 0.4) is 0 Å². The zero-order chi connectivity index (χ0) is 8.10. The van der Waals surface area contributed by atoms with Crippen molar-refractivity contribution in [1.29, 1.82) is 0 Å². The fourth-order valence-corrected chi connectivity index (χ4v) is 1.93. The Labute approximate surface area is 68.8 Å². The summed E-state index contributed by atoms with van der Waals surface area (Å²) in [5.74, 6) is 0.548. The molecule has 1 aliphatic rings. The summed E-state index contributed by atoms with van der Waals surface area (Å²) in [7, 11) is 0. The molecule has 0 saturated heterocycles. The van der Waals surface area contributed by atoms with Gasteiger partial charge >= 0.3 is 0 Å². The monoisotopic (exact) mass is 157 g/mol. The van der Waals surface area contributed by atoms with Gasteiger partial charge in [0.15, 0.2) is 0 Å². The lowest BCUT2D eigenvalue weighted by atomic mass is 9.84. The minimum Gasteiger partial charge on any atom is -0.393 e. The summed E-state index contributed by atoms with van der Waals surface area (Å²) in [6, 6.07) is 0.